The second kappa shape index (κ2) is 8.42. The Bertz CT molecular complexity index is 528. The average molecular weight is 284 g/mol. The Morgan fingerprint density at radius 1 is 1.19 bits per heavy atom. The molecule has 0 saturated carbocycles. The highest BCUT2D eigenvalue weighted by Crippen LogP contribution is 2.23. The highest BCUT2D eigenvalue weighted by atomic mass is 16.5. The number of hydrogen-bond donors (Lipinski definition) is 1. The molecular weight excluding hydrogens is 260 g/mol. The largest absolute Gasteiger partial charge is 0.497 e. The third-order valence-electron chi connectivity index (χ3n) is 3.55. The molecule has 0 saturated heterocycles. The smallest absolute Gasteiger partial charge is 0.119 e. The lowest BCUT2D eigenvalue weighted by atomic mass is 10.00. The van der Waals surface area contributed by atoms with Gasteiger partial charge in [-0.1, -0.05) is 25.1 Å². The van der Waals surface area contributed by atoms with E-state index in [9.17, 15) is 0 Å². The molecule has 2 rings (SSSR count). The van der Waals surface area contributed by atoms with Crippen molar-refractivity contribution < 1.29 is 4.74 Å². The van der Waals surface area contributed by atoms with Crippen LogP contribution >= 0.6 is 0 Å². The topological polar surface area (TPSA) is 34.2 Å². The van der Waals surface area contributed by atoms with E-state index >= 15 is 0 Å². The van der Waals surface area contributed by atoms with Crippen LogP contribution in [0.25, 0.3) is 0 Å². The Morgan fingerprint density at radius 3 is 2.81 bits per heavy atom. The minimum Gasteiger partial charge on any atom is -0.497 e. The lowest BCUT2D eigenvalue weighted by Gasteiger charge is -2.19. The molecule has 1 aromatic heterocycles. The number of hydrogen-bond acceptors (Lipinski definition) is 3. The van der Waals surface area contributed by atoms with Gasteiger partial charge in [0.2, 0.25) is 0 Å². The summed E-state index contributed by atoms with van der Waals surface area (Å²) in [7, 11) is 1.71. The van der Waals surface area contributed by atoms with Gasteiger partial charge in [0.15, 0.2) is 0 Å². The predicted molar refractivity (Wildman–Crippen MR) is 86.6 cm³/mol. The number of aromatic nitrogens is 1. The molecular formula is C18H24N2O. The first-order valence-electron chi connectivity index (χ1n) is 7.60. The monoisotopic (exact) mass is 284 g/mol. The number of rotatable bonds is 8. The second-order valence-corrected chi connectivity index (χ2v) is 5.14. The van der Waals surface area contributed by atoms with Crippen LogP contribution in [0.5, 0.6) is 5.75 Å². The summed E-state index contributed by atoms with van der Waals surface area (Å²) in [5, 5.41) is 3.62. The van der Waals surface area contributed by atoms with E-state index in [-0.39, 0.29) is 0 Å². The summed E-state index contributed by atoms with van der Waals surface area (Å²) in [6.07, 6.45) is 4.99. The Kier molecular flexibility index (Phi) is 6.22. The van der Waals surface area contributed by atoms with Gasteiger partial charge in [-0.25, -0.2) is 0 Å². The molecule has 0 aliphatic heterocycles. The van der Waals surface area contributed by atoms with Crippen LogP contribution in [0.4, 0.5) is 0 Å². The molecule has 1 N–H and O–H groups in total. The molecule has 0 spiro atoms. The van der Waals surface area contributed by atoms with E-state index in [4.69, 9.17) is 4.74 Å². The lowest BCUT2D eigenvalue weighted by Crippen LogP contribution is -2.22. The Labute approximate surface area is 127 Å². The zero-order chi connectivity index (χ0) is 14.9. The Morgan fingerprint density at radius 2 is 2.10 bits per heavy atom. The van der Waals surface area contributed by atoms with Crippen molar-refractivity contribution in [2.45, 2.75) is 32.2 Å². The van der Waals surface area contributed by atoms with Crippen molar-refractivity contribution in [2.24, 2.45) is 0 Å². The Hall–Kier alpha value is -1.87. The first-order valence-corrected chi connectivity index (χ1v) is 7.60. The van der Waals surface area contributed by atoms with Gasteiger partial charge < -0.3 is 10.1 Å². The van der Waals surface area contributed by atoms with Gasteiger partial charge in [-0.15, -0.1) is 0 Å². The highest BCUT2D eigenvalue weighted by molar-refractivity contribution is 5.30. The van der Waals surface area contributed by atoms with Crippen LogP contribution in [0.2, 0.25) is 0 Å². The number of aryl methyl sites for hydroxylation is 1. The first kappa shape index (κ1) is 15.5. The summed E-state index contributed by atoms with van der Waals surface area (Å²) < 4.78 is 5.33. The van der Waals surface area contributed by atoms with Gasteiger partial charge >= 0.3 is 0 Å². The fraction of sp³-hybridized carbons (Fsp3) is 0.389. The van der Waals surface area contributed by atoms with Crippen LogP contribution in [0, 0.1) is 0 Å². The number of methoxy groups -OCH3 is 1. The molecule has 1 aromatic carbocycles. The van der Waals surface area contributed by atoms with E-state index in [1.807, 2.05) is 24.4 Å². The summed E-state index contributed by atoms with van der Waals surface area (Å²) in [5.74, 6) is 0.911. The van der Waals surface area contributed by atoms with Gasteiger partial charge in [0.25, 0.3) is 0 Å². The lowest BCUT2D eigenvalue weighted by molar-refractivity contribution is 0.412. The summed E-state index contributed by atoms with van der Waals surface area (Å²) in [5.41, 5.74) is 2.42. The molecule has 2 aromatic rings. The molecule has 0 bridgehead atoms. The summed E-state index contributed by atoms with van der Waals surface area (Å²) in [6.45, 7) is 3.21. The van der Waals surface area contributed by atoms with Crippen LogP contribution in [0.1, 0.15) is 37.1 Å². The second-order valence-electron chi connectivity index (χ2n) is 5.14. The molecule has 1 atom stereocenters. The van der Waals surface area contributed by atoms with Crippen molar-refractivity contribution in [2.75, 3.05) is 13.7 Å². The fourth-order valence-electron chi connectivity index (χ4n) is 2.40. The molecule has 0 amide bonds. The van der Waals surface area contributed by atoms with Crippen LogP contribution in [-0.4, -0.2) is 18.6 Å². The zero-order valence-electron chi connectivity index (χ0n) is 12.9. The molecule has 21 heavy (non-hydrogen) atoms. The molecule has 112 valence electrons. The SMILES string of the molecule is CCCNC(CCc1ccccn1)c1cccc(OC)c1. The molecule has 0 aliphatic carbocycles. The third-order valence-corrected chi connectivity index (χ3v) is 3.55. The van der Waals surface area contributed by atoms with Crippen molar-refractivity contribution in [3.8, 4) is 5.75 Å². The van der Waals surface area contributed by atoms with Crippen LogP contribution in [0.3, 0.4) is 0 Å². The van der Waals surface area contributed by atoms with E-state index in [0.717, 1.165) is 37.3 Å². The average Bonchev–Trinajstić information content (AvgIpc) is 2.56. The van der Waals surface area contributed by atoms with Crippen LogP contribution < -0.4 is 10.1 Å². The van der Waals surface area contributed by atoms with E-state index < -0.39 is 0 Å². The van der Waals surface area contributed by atoms with Gasteiger partial charge in [0, 0.05) is 17.9 Å². The highest BCUT2D eigenvalue weighted by Gasteiger charge is 2.11. The summed E-state index contributed by atoms with van der Waals surface area (Å²) >= 11 is 0. The van der Waals surface area contributed by atoms with Crippen molar-refractivity contribution in [1.82, 2.24) is 10.3 Å². The molecule has 0 radical (unpaired) electrons. The number of benzene rings is 1. The van der Waals surface area contributed by atoms with E-state index in [1.54, 1.807) is 7.11 Å². The minimum atomic E-state index is 0.335. The summed E-state index contributed by atoms with van der Waals surface area (Å²) in [4.78, 5) is 4.41. The number of pyridine rings is 1. The standard InChI is InChI=1S/C18H24N2O/c1-3-12-20-18(11-10-16-8-4-5-13-19-16)15-7-6-9-17(14-15)21-2/h4-9,13-14,18,20H,3,10-12H2,1-2H3. The summed E-state index contributed by atoms with van der Waals surface area (Å²) in [6, 6.07) is 14.7. The molecule has 3 nitrogen and oxygen atoms in total. The third kappa shape index (κ3) is 4.87. The van der Waals surface area contributed by atoms with Gasteiger partial charge in [-0.05, 0) is 55.6 Å². The number of nitrogens with one attached hydrogen (secondary N) is 1. The first-order chi connectivity index (χ1) is 10.3. The van der Waals surface area contributed by atoms with E-state index in [2.05, 4.69) is 41.5 Å². The van der Waals surface area contributed by atoms with E-state index in [0.29, 0.717) is 6.04 Å². The maximum atomic E-state index is 5.33. The van der Waals surface area contributed by atoms with Crippen molar-refractivity contribution in [3.05, 3.63) is 59.9 Å². The van der Waals surface area contributed by atoms with Crippen molar-refractivity contribution in [1.29, 1.82) is 0 Å². The molecule has 0 fully saturated rings. The van der Waals surface area contributed by atoms with Gasteiger partial charge in [0.05, 0.1) is 7.11 Å². The molecule has 1 unspecified atom stereocenters. The predicted octanol–water partition coefficient (Wildman–Crippen LogP) is 3.76. The number of nitrogens with zero attached hydrogens (tertiary/aromatic N) is 1. The van der Waals surface area contributed by atoms with Crippen molar-refractivity contribution >= 4 is 0 Å². The van der Waals surface area contributed by atoms with Gasteiger partial charge in [-0.3, -0.25) is 4.98 Å². The Balaban J connectivity index is 2.06. The maximum absolute atomic E-state index is 5.33. The maximum Gasteiger partial charge on any atom is 0.119 e. The minimum absolute atomic E-state index is 0.335. The van der Waals surface area contributed by atoms with Crippen molar-refractivity contribution in [3.63, 3.8) is 0 Å². The fourth-order valence-corrected chi connectivity index (χ4v) is 2.40. The van der Waals surface area contributed by atoms with Crippen LogP contribution in [-0.2, 0) is 6.42 Å². The van der Waals surface area contributed by atoms with Gasteiger partial charge in [-0.2, -0.15) is 0 Å². The molecule has 1 heterocycles. The zero-order valence-corrected chi connectivity index (χ0v) is 12.9. The molecule has 0 aliphatic rings. The normalized spacial score (nSPS) is 12.1. The molecule has 3 heteroatoms. The van der Waals surface area contributed by atoms with Gasteiger partial charge in [0.1, 0.15) is 5.75 Å². The number of ether oxygens (including phenoxy) is 1. The van der Waals surface area contributed by atoms with E-state index in [1.165, 1.54) is 5.56 Å². The quantitative estimate of drug-likeness (QED) is 0.801. The van der Waals surface area contributed by atoms with Crippen LogP contribution in [0.15, 0.2) is 48.7 Å².